The molecule has 0 amide bonds. The summed E-state index contributed by atoms with van der Waals surface area (Å²) in [6.45, 7) is 3.45. The van der Waals surface area contributed by atoms with Crippen molar-refractivity contribution in [3.05, 3.63) is 26.5 Å². The number of nitrogens with zero attached hydrogens (tertiary/aromatic N) is 1. The van der Waals surface area contributed by atoms with E-state index in [0.717, 1.165) is 23.2 Å². The Balaban J connectivity index is 1.77. The first-order valence-electron chi connectivity index (χ1n) is 7.51. The molecule has 1 aromatic carbocycles. The number of imidazole rings is 1. The monoisotopic (exact) mass is 400 g/mol. The maximum atomic E-state index is 5.49. The van der Waals surface area contributed by atoms with Crippen molar-refractivity contribution in [2.75, 3.05) is 0 Å². The van der Waals surface area contributed by atoms with Crippen molar-refractivity contribution < 1.29 is 0 Å². The zero-order chi connectivity index (χ0) is 14.1. The molecule has 20 heavy (non-hydrogen) atoms. The second kappa shape index (κ2) is 6.18. The number of aromatic nitrogens is 2. The summed E-state index contributed by atoms with van der Waals surface area (Å²) in [4.78, 5) is 3.34. The van der Waals surface area contributed by atoms with E-state index in [0.29, 0.717) is 0 Å². The van der Waals surface area contributed by atoms with Crippen LogP contribution in [0, 0.1) is 20.2 Å². The highest BCUT2D eigenvalue weighted by atomic mass is 127. The van der Waals surface area contributed by atoms with Crippen LogP contribution in [0.5, 0.6) is 0 Å². The molecule has 0 aliphatic heterocycles. The van der Waals surface area contributed by atoms with E-state index in [-0.39, 0.29) is 0 Å². The molecule has 1 fully saturated rings. The summed E-state index contributed by atoms with van der Waals surface area (Å²) in [7, 11) is 0. The summed E-state index contributed by atoms with van der Waals surface area (Å²) in [5.41, 5.74) is 2.41. The van der Waals surface area contributed by atoms with Gasteiger partial charge in [-0.2, -0.15) is 0 Å². The minimum absolute atomic E-state index is 0.867. The molecule has 1 saturated carbocycles. The van der Waals surface area contributed by atoms with Crippen molar-refractivity contribution in [3.8, 4) is 0 Å². The summed E-state index contributed by atoms with van der Waals surface area (Å²) in [5.74, 6) is 1.79. The highest BCUT2D eigenvalue weighted by Gasteiger charge is 2.19. The molecule has 3 rings (SSSR count). The summed E-state index contributed by atoms with van der Waals surface area (Å²) in [6, 6.07) is 6.52. The highest BCUT2D eigenvalue weighted by Crippen LogP contribution is 2.31. The molecule has 4 heteroatoms. The third-order valence-electron chi connectivity index (χ3n) is 4.54. The molecule has 2 unspecified atom stereocenters. The second-order valence-corrected chi connectivity index (χ2v) is 7.80. The molecule has 0 saturated heterocycles. The lowest BCUT2D eigenvalue weighted by Gasteiger charge is -2.26. The van der Waals surface area contributed by atoms with E-state index in [9.17, 15) is 0 Å². The van der Waals surface area contributed by atoms with Crippen LogP contribution in [0.2, 0.25) is 0 Å². The highest BCUT2D eigenvalue weighted by molar-refractivity contribution is 14.1. The average molecular weight is 400 g/mol. The number of rotatable bonds is 3. The van der Waals surface area contributed by atoms with Crippen molar-refractivity contribution in [1.29, 1.82) is 0 Å². The number of aryl methyl sites for hydroxylation is 1. The lowest BCUT2D eigenvalue weighted by Crippen LogP contribution is -2.15. The molecule has 0 radical (unpaired) electrons. The van der Waals surface area contributed by atoms with Crippen LogP contribution in [0.4, 0.5) is 0 Å². The number of benzene rings is 1. The van der Waals surface area contributed by atoms with Gasteiger partial charge in [0.15, 0.2) is 4.77 Å². The molecule has 0 spiro atoms. The standard InChI is InChI=1S/C16H21IN2S/c1-11-3-2-4-12(9-11)7-8-19-15-6-5-13(17)10-14(15)18-16(19)20/h5-6,10-12H,2-4,7-9H2,1H3,(H,18,20). The van der Waals surface area contributed by atoms with E-state index < -0.39 is 0 Å². The Morgan fingerprint density at radius 2 is 2.25 bits per heavy atom. The zero-order valence-electron chi connectivity index (χ0n) is 11.9. The third-order valence-corrected chi connectivity index (χ3v) is 5.54. The summed E-state index contributed by atoms with van der Waals surface area (Å²) < 4.78 is 4.39. The summed E-state index contributed by atoms with van der Waals surface area (Å²) >= 11 is 7.84. The van der Waals surface area contributed by atoms with Gasteiger partial charge in [-0.1, -0.05) is 26.2 Å². The van der Waals surface area contributed by atoms with Gasteiger partial charge in [-0.3, -0.25) is 0 Å². The van der Waals surface area contributed by atoms with Gasteiger partial charge in [-0.15, -0.1) is 0 Å². The predicted molar refractivity (Wildman–Crippen MR) is 95.6 cm³/mol. The maximum absolute atomic E-state index is 5.49. The Hall–Kier alpha value is -0.360. The predicted octanol–water partition coefficient (Wildman–Crippen LogP) is 5.52. The van der Waals surface area contributed by atoms with Crippen LogP contribution in [0.15, 0.2) is 18.2 Å². The molecule has 2 atom stereocenters. The molecule has 108 valence electrons. The van der Waals surface area contributed by atoms with Gasteiger partial charge in [0, 0.05) is 10.1 Å². The van der Waals surface area contributed by atoms with Crippen molar-refractivity contribution in [3.63, 3.8) is 0 Å². The van der Waals surface area contributed by atoms with Crippen LogP contribution in [-0.2, 0) is 6.54 Å². The molecule has 2 aromatic rings. The van der Waals surface area contributed by atoms with E-state index in [1.165, 1.54) is 46.7 Å². The topological polar surface area (TPSA) is 20.7 Å². The smallest absolute Gasteiger partial charge is 0.178 e. The molecular weight excluding hydrogens is 379 g/mol. The van der Waals surface area contributed by atoms with Crippen LogP contribution in [0.25, 0.3) is 11.0 Å². The normalized spacial score (nSPS) is 23.3. The van der Waals surface area contributed by atoms with Gasteiger partial charge >= 0.3 is 0 Å². The number of halogens is 1. The number of fused-ring (bicyclic) bond motifs is 1. The fourth-order valence-electron chi connectivity index (χ4n) is 3.49. The Kier molecular flexibility index (Phi) is 4.50. The van der Waals surface area contributed by atoms with Crippen LogP contribution in [0.3, 0.4) is 0 Å². The first kappa shape index (κ1) is 14.6. The van der Waals surface area contributed by atoms with Crippen LogP contribution in [0.1, 0.15) is 39.0 Å². The van der Waals surface area contributed by atoms with E-state index in [1.807, 2.05) is 0 Å². The van der Waals surface area contributed by atoms with Gasteiger partial charge in [0.05, 0.1) is 11.0 Å². The number of nitrogens with one attached hydrogen (secondary N) is 1. The van der Waals surface area contributed by atoms with Crippen molar-refractivity contribution in [2.45, 2.75) is 45.6 Å². The molecule has 0 bridgehead atoms. The SMILES string of the molecule is CC1CCCC(CCn2c(=S)[nH]c3cc(I)ccc32)C1. The number of hydrogen-bond acceptors (Lipinski definition) is 1. The Morgan fingerprint density at radius 1 is 1.40 bits per heavy atom. The van der Waals surface area contributed by atoms with Crippen molar-refractivity contribution in [1.82, 2.24) is 9.55 Å². The quantitative estimate of drug-likeness (QED) is 0.532. The minimum atomic E-state index is 0.867. The van der Waals surface area contributed by atoms with Crippen LogP contribution < -0.4 is 0 Å². The molecule has 1 aromatic heterocycles. The van der Waals surface area contributed by atoms with Gasteiger partial charge in [-0.05, 0) is 77.7 Å². The molecule has 1 N–H and O–H groups in total. The first-order chi connectivity index (χ1) is 9.63. The fraction of sp³-hybridized carbons (Fsp3) is 0.562. The lowest BCUT2D eigenvalue weighted by molar-refractivity contribution is 0.261. The number of H-pyrrole nitrogens is 1. The largest absolute Gasteiger partial charge is 0.331 e. The van der Waals surface area contributed by atoms with Gasteiger partial charge in [0.25, 0.3) is 0 Å². The van der Waals surface area contributed by atoms with Gasteiger partial charge in [0.2, 0.25) is 0 Å². The van der Waals surface area contributed by atoms with Crippen molar-refractivity contribution >= 4 is 45.8 Å². The fourth-order valence-corrected chi connectivity index (χ4v) is 4.28. The third kappa shape index (κ3) is 3.11. The van der Waals surface area contributed by atoms with Gasteiger partial charge < -0.3 is 9.55 Å². The molecule has 1 aliphatic rings. The van der Waals surface area contributed by atoms with E-state index in [2.05, 4.69) is 57.3 Å². The summed E-state index contributed by atoms with van der Waals surface area (Å²) in [6.07, 6.45) is 6.88. The van der Waals surface area contributed by atoms with Crippen LogP contribution >= 0.6 is 34.8 Å². The van der Waals surface area contributed by atoms with E-state index in [4.69, 9.17) is 12.2 Å². The number of hydrogen-bond donors (Lipinski definition) is 1. The van der Waals surface area contributed by atoms with E-state index >= 15 is 0 Å². The maximum Gasteiger partial charge on any atom is 0.178 e. The Morgan fingerprint density at radius 3 is 3.05 bits per heavy atom. The lowest BCUT2D eigenvalue weighted by atomic mass is 9.81. The minimum Gasteiger partial charge on any atom is -0.331 e. The van der Waals surface area contributed by atoms with Gasteiger partial charge in [0.1, 0.15) is 0 Å². The zero-order valence-corrected chi connectivity index (χ0v) is 14.8. The van der Waals surface area contributed by atoms with Crippen molar-refractivity contribution in [2.24, 2.45) is 11.8 Å². The molecule has 1 heterocycles. The van der Waals surface area contributed by atoms with Gasteiger partial charge in [-0.25, -0.2) is 0 Å². The Labute approximate surface area is 139 Å². The average Bonchev–Trinajstić information content (AvgIpc) is 2.71. The number of aromatic amines is 1. The molecule has 1 aliphatic carbocycles. The first-order valence-corrected chi connectivity index (χ1v) is 9.00. The second-order valence-electron chi connectivity index (χ2n) is 6.17. The molecule has 2 nitrogen and oxygen atoms in total. The Bertz CT molecular complexity index is 658. The molecular formula is C16H21IN2S. The van der Waals surface area contributed by atoms with E-state index in [1.54, 1.807) is 0 Å². The summed E-state index contributed by atoms with van der Waals surface area (Å²) in [5, 5.41) is 0. The van der Waals surface area contributed by atoms with Crippen LogP contribution in [-0.4, -0.2) is 9.55 Å².